The third-order valence-corrected chi connectivity index (χ3v) is 5.56. The molecular formula is C22H24FN3O3. The molecule has 2 unspecified atom stereocenters. The van der Waals surface area contributed by atoms with Crippen LogP contribution in [0.3, 0.4) is 0 Å². The zero-order chi connectivity index (χ0) is 20.4. The van der Waals surface area contributed by atoms with Gasteiger partial charge in [0.1, 0.15) is 11.6 Å². The number of carbonyl (C=O) groups excluding carboxylic acids is 2. The molecule has 1 N–H and O–H groups in total. The van der Waals surface area contributed by atoms with E-state index in [1.165, 1.54) is 17.0 Å². The van der Waals surface area contributed by atoms with Crippen molar-refractivity contribution >= 4 is 11.9 Å². The quantitative estimate of drug-likeness (QED) is 0.842. The maximum Gasteiger partial charge on any atom is 0.328 e. The third-order valence-electron chi connectivity index (χ3n) is 5.56. The van der Waals surface area contributed by atoms with Gasteiger partial charge < -0.3 is 9.64 Å². The molecule has 2 aliphatic rings. The fourth-order valence-electron chi connectivity index (χ4n) is 4.08. The van der Waals surface area contributed by atoms with Gasteiger partial charge in [0.25, 0.3) is 0 Å². The molecule has 2 atom stereocenters. The Bertz CT molecular complexity index is 902. The molecule has 0 spiro atoms. The van der Waals surface area contributed by atoms with Gasteiger partial charge in [-0.25, -0.2) is 9.18 Å². The van der Waals surface area contributed by atoms with Gasteiger partial charge in [0.05, 0.1) is 25.7 Å². The highest BCUT2D eigenvalue weighted by Gasteiger charge is 2.46. The second-order valence-electron chi connectivity index (χ2n) is 7.46. The number of methoxy groups -OCH3 is 1. The average molecular weight is 397 g/mol. The predicted octanol–water partition coefficient (Wildman–Crippen LogP) is 3.12. The number of imide groups is 1. The minimum Gasteiger partial charge on any atom is -0.497 e. The van der Waals surface area contributed by atoms with Gasteiger partial charge >= 0.3 is 6.03 Å². The van der Waals surface area contributed by atoms with E-state index in [0.717, 1.165) is 36.3 Å². The molecule has 0 bridgehead atoms. The number of ether oxygens (including phenoxy) is 1. The van der Waals surface area contributed by atoms with Gasteiger partial charge in [-0.15, -0.1) is 0 Å². The summed E-state index contributed by atoms with van der Waals surface area (Å²) in [4.78, 5) is 29.4. The first-order valence-electron chi connectivity index (χ1n) is 9.79. The van der Waals surface area contributed by atoms with E-state index in [0.29, 0.717) is 6.54 Å². The number of nitrogens with zero attached hydrogens (tertiary/aromatic N) is 2. The summed E-state index contributed by atoms with van der Waals surface area (Å²) in [7, 11) is 1.60. The van der Waals surface area contributed by atoms with Crippen molar-refractivity contribution in [3.8, 4) is 5.75 Å². The molecule has 2 fully saturated rings. The van der Waals surface area contributed by atoms with Crippen LogP contribution < -0.4 is 10.1 Å². The summed E-state index contributed by atoms with van der Waals surface area (Å²) < 4.78 is 18.5. The van der Waals surface area contributed by atoms with Crippen LogP contribution >= 0.6 is 0 Å². The van der Waals surface area contributed by atoms with E-state index in [2.05, 4.69) is 5.32 Å². The standard InChI is InChI=1S/C22H24FN3O3/c1-29-18-5-2-4-16(12-18)14-25-20-19(6-3-11-24-20)21(27)26(22(25)28)13-15-7-9-17(23)10-8-15/h2,4-5,7-10,12,19-20,24H,3,6,11,13-14H2,1H3. The van der Waals surface area contributed by atoms with Gasteiger partial charge in [0.15, 0.2) is 0 Å². The Morgan fingerprint density at radius 1 is 1.10 bits per heavy atom. The van der Waals surface area contributed by atoms with Crippen LogP contribution in [0.5, 0.6) is 5.75 Å². The van der Waals surface area contributed by atoms with Gasteiger partial charge in [0, 0.05) is 6.54 Å². The van der Waals surface area contributed by atoms with Crippen molar-refractivity contribution in [3.63, 3.8) is 0 Å². The van der Waals surface area contributed by atoms with Crippen molar-refractivity contribution < 1.29 is 18.7 Å². The number of carbonyl (C=O) groups is 2. The number of hydrogen-bond donors (Lipinski definition) is 1. The van der Waals surface area contributed by atoms with Crippen LogP contribution in [0.15, 0.2) is 48.5 Å². The number of halogens is 1. The molecule has 7 heteroatoms. The minimum absolute atomic E-state index is 0.135. The van der Waals surface area contributed by atoms with Crippen molar-refractivity contribution in [2.24, 2.45) is 5.92 Å². The lowest BCUT2D eigenvalue weighted by molar-refractivity contribution is -0.142. The zero-order valence-corrected chi connectivity index (χ0v) is 16.3. The number of amides is 3. The van der Waals surface area contributed by atoms with Gasteiger partial charge in [0.2, 0.25) is 5.91 Å². The number of urea groups is 1. The second kappa shape index (κ2) is 8.21. The lowest BCUT2D eigenvalue weighted by Crippen LogP contribution is -2.66. The molecule has 0 aromatic heterocycles. The molecule has 2 aromatic rings. The molecule has 2 aromatic carbocycles. The number of piperidine rings is 1. The van der Waals surface area contributed by atoms with E-state index in [-0.39, 0.29) is 36.4 Å². The predicted molar refractivity (Wildman–Crippen MR) is 105 cm³/mol. The number of rotatable bonds is 5. The lowest BCUT2D eigenvalue weighted by Gasteiger charge is -2.47. The average Bonchev–Trinajstić information content (AvgIpc) is 2.75. The van der Waals surface area contributed by atoms with Crippen LogP contribution in [-0.4, -0.2) is 41.6 Å². The first kappa shape index (κ1) is 19.4. The molecule has 0 aliphatic carbocycles. The van der Waals surface area contributed by atoms with Gasteiger partial charge in [-0.3, -0.25) is 15.0 Å². The van der Waals surface area contributed by atoms with Crippen molar-refractivity contribution in [2.75, 3.05) is 13.7 Å². The van der Waals surface area contributed by atoms with Gasteiger partial charge in [-0.2, -0.15) is 0 Å². The molecule has 29 heavy (non-hydrogen) atoms. The van der Waals surface area contributed by atoms with Crippen LogP contribution in [0.1, 0.15) is 24.0 Å². The minimum atomic E-state index is -0.346. The van der Waals surface area contributed by atoms with Crippen LogP contribution in [0, 0.1) is 11.7 Å². The van der Waals surface area contributed by atoms with Crippen LogP contribution in [0.4, 0.5) is 9.18 Å². The Kier molecular flexibility index (Phi) is 5.49. The Balaban J connectivity index is 1.62. The number of nitrogens with one attached hydrogen (secondary N) is 1. The molecule has 2 aliphatic heterocycles. The van der Waals surface area contributed by atoms with Crippen LogP contribution in [0.2, 0.25) is 0 Å². The van der Waals surface area contributed by atoms with E-state index in [9.17, 15) is 14.0 Å². The van der Waals surface area contributed by atoms with E-state index >= 15 is 0 Å². The summed E-state index contributed by atoms with van der Waals surface area (Å²) in [5.74, 6) is -0.0773. The fourth-order valence-corrected chi connectivity index (χ4v) is 4.08. The monoisotopic (exact) mass is 397 g/mol. The van der Waals surface area contributed by atoms with Crippen LogP contribution in [0.25, 0.3) is 0 Å². The Morgan fingerprint density at radius 2 is 1.90 bits per heavy atom. The molecule has 2 saturated heterocycles. The van der Waals surface area contributed by atoms with E-state index in [1.807, 2.05) is 24.3 Å². The third kappa shape index (κ3) is 3.96. The zero-order valence-electron chi connectivity index (χ0n) is 16.3. The topological polar surface area (TPSA) is 61.9 Å². The van der Waals surface area contributed by atoms with E-state index in [4.69, 9.17) is 4.74 Å². The maximum absolute atomic E-state index is 13.3. The highest BCUT2D eigenvalue weighted by Crippen LogP contribution is 2.30. The van der Waals surface area contributed by atoms with Crippen molar-refractivity contribution in [2.45, 2.75) is 32.1 Å². The lowest BCUT2D eigenvalue weighted by atomic mass is 9.91. The molecular weight excluding hydrogens is 373 g/mol. The summed E-state index contributed by atoms with van der Waals surface area (Å²) in [6.45, 7) is 1.28. The number of fused-ring (bicyclic) bond motifs is 1. The summed E-state index contributed by atoms with van der Waals surface area (Å²) in [5, 5.41) is 3.35. The summed E-state index contributed by atoms with van der Waals surface area (Å²) >= 11 is 0. The number of benzene rings is 2. The van der Waals surface area contributed by atoms with Gasteiger partial charge in [-0.1, -0.05) is 24.3 Å². The van der Waals surface area contributed by atoms with Crippen molar-refractivity contribution in [1.29, 1.82) is 0 Å². The normalized spacial score (nSPS) is 21.9. The molecule has 2 heterocycles. The van der Waals surface area contributed by atoms with Gasteiger partial charge in [-0.05, 0) is 54.8 Å². The second-order valence-corrected chi connectivity index (χ2v) is 7.46. The number of hydrogen-bond acceptors (Lipinski definition) is 4. The first-order valence-corrected chi connectivity index (χ1v) is 9.79. The Hall–Kier alpha value is -2.93. The Morgan fingerprint density at radius 3 is 2.66 bits per heavy atom. The Labute approximate surface area is 169 Å². The SMILES string of the molecule is COc1cccc(CN2C(=O)N(Cc3ccc(F)cc3)C(=O)C3CCCNC32)c1. The highest BCUT2D eigenvalue weighted by atomic mass is 19.1. The molecule has 4 rings (SSSR count). The van der Waals surface area contributed by atoms with Crippen LogP contribution in [-0.2, 0) is 17.9 Å². The summed E-state index contributed by atoms with van der Waals surface area (Å²) in [5.41, 5.74) is 1.65. The fraction of sp³-hybridized carbons (Fsp3) is 0.364. The maximum atomic E-state index is 13.3. The van der Waals surface area contributed by atoms with Crippen molar-refractivity contribution in [1.82, 2.24) is 15.1 Å². The summed E-state index contributed by atoms with van der Waals surface area (Å²) in [6.07, 6.45) is 1.30. The smallest absolute Gasteiger partial charge is 0.328 e. The highest BCUT2D eigenvalue weighted by molar-refractivity contribution is 5.98. The molecule has 0 saturated carbocycles. The molecule has 6 nitrogen and oxygen atoms in total. The molecule has 0 radical (unpaired) electrons. The van der Waals surface area contributed by atoms with Crippen molar-refractivity contribution in [3.05, 3.63) is 65.5 Å². The van der Waals surface area contributed by atoms with E-state index in [1.54, 1.807) is 24.1 Å². The first-order chi connectivity index (χ1) is 14.1. The largest absolute Gasteiger partial charge is 0.497 e. The summed E-state index contributed by atoms with van der Waals surface area (Å²) in [6, 6.07) is 13.1. The van der Waals surface area contributed by atoms with E-state index < -0.39 is 0 Å². The molecule has 152 valence electrons. The molecule has 3 amide bonds.